The van der Waals surface area contributed by atoms with Crippen LogP contribution in [0.15, 0.2) is 18.3 Å². The van der Waals surface area contributed by atoms with Crippen molar-refractivity contribution >= 4 is 22.8 Å². The Morgan fingerprint density at radius 2 is 2.19 bits per heavy atom. The number of esters is 1. The van der Waals surface area contributed by atoms with E-state index in [0.717, 1.165) is 0 Å². The molecule has 2 aromatic rings. The molecule has 0 bridgehead atoms. The van der Waals surface area contributed by atoms with Gasteiger partial charge in [0.2, 0.25) is 0 Å². The van der Waals surface area contributed by atoms with Crippen LogP contribution in [0.3, 0.4) is 0 Å². The summed E-state index contributed by atoms with van der Waals surface area (Å²) in [6, 6.07) is 2.91. The Balaban J connectivity index is 2.54. The Morgan fingerprint density at radius 3 is 2.81 bits per heavy atom. The number of carboxylic acid groups (broad SMARTS) is 1. The van der Waals surface area contributed by atoms with Crippen LogP contribution in [0, 0.1) is 0 Å². The summed E-state index contributed by atoms with van der Waals surface area (Å²) in [7, 11) is 1.27. The van der Waals surface area contributed by atoms with Crippen LogP contribution in [-0.2, 0) is 4.74 Å². The quantitative estimate of drug-likeness (QED) is 0.738. The number of pyridine rings is 1. The number of carbonyl (C=O) groups excluding carboxylic acids is 1. The third kappa shape index (κ3) is 1.60. The van der Waals surface area contributed by atoms with Crippen LogP contribution in [0.5, 0.6) is 0 Å². The molecule has 82 valence electrons. The zero-order chi connectivity index (χ0) is 11.7. The zero-order valence-electron chi connectivity index (χ0n) is 8.35. The number of H-pyrrole nitrogens is 1. The average Bonchev–Trinajstić information content (AvgIpc) is 2.70. The van der Waals surface area contributed by atoms with Gasteiger partial charge in [-0.3, -0.25) is 0 Å². The lowest BCUT2D eigenvalue weighted by atomic mass is 10.2. The monoisotopic (exact) mass is 220 g/mol. The molecule has 0 saturated carbocycles. The van der Waals surface area contributed by atoms with Crippen LogP contribution < -0.4 is 0 Å². The molecule has 0 radical (unpaired) electrons. The predicted octanol–water partition coefficient (Wildman–Crippen LogP) is 1.05. The van der Waals surface area contributed by atoms with Crippen LogP contribution in [0.1, 0.15) is 21.0 Å². The first kappa shape index (κ1) is 10.2. The zero-order valence-corrected chi connectivity index (χ0v) is 8.35. The molecule has 2 N–H and O–H groups in total. The van der Waals surface area contributed by atoms with Crippen molar-refractivity contribution in [2.45, 2.75) is 0 Å². The first-order valence-electron chi connectivity index (χ1n) is 4.42. The Hall–Kier alpha value is -2.37. The summed E-state index contributed by atoms with van der Waals surface area (Å²) in [5, 5.41) is 9.35. The lowest BCUT2D eigenvalue weighted by Gasteiger charge is -1.92. The summed E-state index contributed by atoms with van der Waals surface area (Å²) in [6.07, 6.45) is 1.37. The van der Waals surface area contributed by atoms with Crippen LogP contribution in [0.25, 0.3) is 10.9 Å². The van der Waals surface area contributed by atoms with E-state index >= 15 is 0 Å². The average molecular weight is 220 g/mol. The third-order valence-corrected chi connectivity index (χ3v) is 2.13. The number of carboxylic acids is 1. The van der Waals surface area contributed by atoms with Gasteiger partial charge in [-0.2, -0.15) is 0 Å². The lowest BCUT2D eigenvalue weighted by Crippen LogP contribution is -2.00. The molecule has 2 rings (SSSR count). The van der Waals surface area contributed by atoms with Gasteiger partial charge in [-0.05, 0) is 12.1 Å². The second-order valence-electron chi connectivity index (χ2n) is 3.14. The number of aromatic nitrogens is 2. The number of ether oxygens (including phenoxy) is 1. The van der Waals surface area contributed by atoms with E-state index in [1.54, 1.807) is 0 Å². The van der Waals surface area contributed by atoms with Gasteiger partial charge in [-0.15, -0.1) is 0 Å². The maximum Gasteiger partial charge on any atom is 0.354 e. The molecule has 0 amide bonds. The summed E-state index contributed by atoms with van der Waals surface area (Å²) in [4.78, 5) is 28.4. The molecule has 0 aliphatic rings. The van der Waals surface area contributed by atoms with Gasteiger partial charge in [0.15, 0.2) is 0 Å². The minimum absolute atomic E-state index is 0.0667. The number of methoxy groups -OCH3 is 1. The number of fused-ring (bicyclic) bond motifs is 1. The van der Waals surface area contributed by atoms with Gasteiger partial charge in [-0.25, -0.2) is 14.6 Å². The van der Waals surface area contributed by atoms with Crippen LogP contribution >= 0.6 is 0 Å². The van der Waals surface area contributed by atoms with Gasteiger partial charge in [0.1, 0.15) is 11.4 Å². The van der Waals surface area contributed by atoms with E-state index in [1.165, 1.54) is 25.4 Å². The highest BCUT2D eigenvalue weighted by Gasteiger charge is 2.11. The Morgan fingerprint density at radius 1 is 1.44 bits per heavy atom. The van der Waals surface area contributed by atoms with E-state index in [4.69, 9.17) is 5.11 Å². The normalized spacial score (nSPS) is 10.3. The second-order valence-corrected chi connectivity index (χ2v) is 3.14. The van der Waals surface area contributed by atoms with Gasteiger partial charge in [0.05, 0.1) is 18.8 Å². The number of rotatable bonds is 2. The summed E-state index contributed by atoms with van der Waals surface area (Å²) in [6.45, 7) is 0. The molecule has 0 fully saturated rings. The number of aromatic carboxylic acids is 1. The molecule has 0 unspecified atom stereocenters. The van der Waals surface area contributed by atoms with E-state index in [1.807, 2.05) is 0 Å². The fourth-order valence-corrected chi connectivity index (χ4v) is 1.37. The third-order valence-electron chi connectivity index (χ3n) is 2.13. The largest absolute Gasteiger partial charge is 0.477 e. The molecular formula is C10H8N2O4. The van der Waals surface area contributed by atoms with E-state index < -0.39 is 11.9 Å². The molecule has 2 heterocycles. The van der Waals surface area contributed by atoms with Crippen molar-refractivity contribution in [3.63, 3.8) is 0 Å². The first-order chi connectivity index (χ1) is 7.61. The molecule has 16 heavy (non-hydrogen) atoms. The van der Waals surface area contributed by atoms with E-state index in [2.05, 4.69) is 14.7 Å². The van der Waals surface area contributed by atoms with Gasteiger partial charge in [0, 0.05) is 5.39 Å². The molecule has 0 aliphatic heterocycles. The number of nitrogens with one attached hydrogen (secondary N) is 1. The van der Waals surface area contributed by atoms with Crippen molar-refractivity contribution in [1.82, 2.24) is 9.97 Å². The van der Waals surface area contributed by atoms with E-state index in [-0.39, 0.29) is 11.4 Å². The van der Waals surface area contributed by atoms with E-state index in [9.17, 15) is 9.59 Å². The number of hydrogen-bond acceptors (Lipinski definition) is 4. The summed E-state index contributed by atoms with van der Waals surface area (Å²) in [5.74, 6) is -1.62. The summed E-state index contributed by atoms with van der Waals surface area (Å²) >= 11 is 0. The SMILES string of the molecule is COC(=O)c1cc2cc(C(=O)O)ncc2[nH]1. The second kappa shape index (κ2) is 3.65. The van der Waals surface area contributed by atoms with Crippen molar-refractivity contribution in [3.8, 4) is 0 Å². The van der Waals surface area contributed by atoms with E-state index in [0.29, 0.717) is 10.9 Å². The van der Waals surface area contributed by atoms with Crippen molar-refractivity contribution in [2.75, 3.05) is 7.11 Å². The van der Waals surface area contributed by atoms with Gasteiger partial charge in [-0.1, -0.05) is 0 Å². The number of hydrogen-bond donors (Lipinski definition) is 2. The molecular weight excluding hydrogens is 212 g/mol. The lowest BCUT2D eigenvalue weighted by molar-refractivity contribution is 0.0594. The minimum Gasteiger partial charge on any atom is -0.477 e. The Bertz CT molecular complexity index is 573. The van der Waals surface area contributed by atoms with Crippen LogP contribution in [-0.4, -0.2) is 34.1 Å². The van der Waals surface area contributed by atoms with Crippen LogP contribution in [0.4, 0.5) is 0 Å². The van der Waals surface area contributed by atoms with Crippen molar-refractivity contribution < 1.29 is 19.4 Å². The van der Waals surface area contributed by atoms with Crippen LogP contribution in [0.2, 0.25) is 0 Å². The van der Waals surface area contributed by atoms with Gasteiger partial charge < -0.3 is 14.8 Å². The minimum atomic E-state index is -1.11. The number of aromatic amines is 1. The molecule has 0 aromatic carbocycles. The van der Waals surface area contributed by atoms with Gasteiger partial charge in [0.25, 0.3) is 0 Å². The fraction of sp³-hybridized carbons (Fsp3) is 0.100. The smallest absolute Gasteiger partial charge is 0.354 e. The number of carbonyl (C=O) groups is 2. The van der Waals surface area contributed by atoms with Crippen molar-refractivity contribution in [3.05, 3.63) is 29.7 Å². The predicted molar refractivity (Wildman–Crippen MR) is 54.4 cm³/mol. The summed E-state index contributed by atoms with van der Waals surface area (Å²) < 4.78 is 4.54. The highest BCUT2D eigenvalue weighted by molar-refractivity contribution is 5.96. The Kier molecular flexibility index (Phi) is 2.32. The molecule has 0 spiro atoms. The van der Waals surface area contributed by atoms with Crippen molar-refractivity contribution in [2.24, 2.45) is 0 Å². The standard InChI is InChI=1S/C10H8N2O4/c1-16-10(15)7-3-5-2-6(9(13)14)11-4-8(5)12-7/h2-4,12H,1H3,(H,13,14). The maximum atomic E-state index is 11.2. The first-order valence-corrected chi connectivity index (χ1v) is 4.42. The van der Waals surface area contributed by atoms with Crippen molar-refractivity contribution in [1.29, 1.82) is 0 Å². The van der Waals surface area contributed by atoms with Gasteiger partial charge >= 0.3 is 11.9 Å². The highest BCUT2D eigenvalue weighted by Crippen LogP contribution is 2.16. The fourth-order valence-electron chi connectivity index (χ4n) is 1.37. The number of nitrogens with zero attached hydrogens (tertiary/aromatic N) is 1. The molecule has 0 atom stereocenters. The highest BCUT2D eigenvalue weighted by atomic mass is 16.5. The Labute approximate surface area is 89.9 Å². The molecule has 0 aliphatic carbocycles. The molecule has 6 nitrogen and oxygen atoms in total. The molecule has 0 saturated heterocycles. The summed E-state index contributed by atoms with van der Waals surface area (Å²) in [5.41, 5.74) is 0.787. The molecule has 2 aromatic heterocycles. The topological polar surface area (TPSA) is 92.3 Å². The maximum absolute atomic E-state index is 11.2. The molecule has 6 heteroatoms.